The summed E-state index contributed by atoms with van der Waals surface area (Å²) in [7, 11) is 0. The Morgan fingerprint density at radius 3 is 2.48 bits per heavy atom. The summed E-state index contributed by atoms with van der Waals surface area (Å²) in [5.41, 5.74) is 0.206. The van der Waals surface area contributed by atoms with Crippen LogP contribution in [0.5, 0.6) is 0 Å². The first-order valence-corrected chi connectivity index (χ1v) is 8.18. The van der Waals surface area contributed by atoms with Gasteiger partial charge in [0.1, 0.15) is 6.04 Å². The molecule has 0 aliphatic carbocycles. The van der Waals surface area contributed by atoms with Crippen LogP contribution in [-0.4, -0.2) is 35.2 Å². The monoisotopic (exact) mass is 357 g/mol. The summed E-state index contributed by atoms with van der Waals surface area (Å²) in [6.07, 6.45) is 1.07. The van der Waals surface area contributed by atoms with Gasteiger partial charge in [-0.25, -0.2) is 13.6 Å². The summed E-state index contributed by atoms with van der Waals surface area (Å²) in [5, 5.41) is 11.6. The number of benzene rings is 1. The van der Waals surface area contributed by atoms with E-state index in [0.717, 1.165) is 12.1 Å². The first-order valence-electron chi connectivity index (χ1n) is 8.18. The highest BCUT2D eigenvalue weighted by atomic mass is 19.2. The van der Waals surface area contributed by atoms with Crippen LogP contribution in [0.2, 0.25) is 0 Å². The average Bonchev–Trinajstić information content (AvgIpc) is 2.48. The molecular formula is C18H25F2NO4. The predicted octanol–water partition coefficient (Wildman–Crippen LogP) is 3.06. The minimum atomic E-state index is -1.12. The third-order valence-electron chi connectivity index (χ3n) is 3.43. The molecule has 140 valence electrons. The quantitative estimate of drug-likeness (QED) is 0.712. The summed E-state index contributed by atoms with van der Waals surface area (Å²) in [6, 6.07) is 2.58. The molecule has 0 aliphatic rings. The number of carbonyl (C=O) groups is 2. The van der Waals surface area contributed by atoms with Gasteiger partial charge in [-0.2, -0.15) is 0 Å². The standard InChI is InChI=1S/C18H25F2NO4/c1-18(2,3)25-10-9-15(17(23)24)21-16(22)6-4-5-12-7-8-13(19)14(20)11-12/h7-8,11,15H,4-6,9-10H2,1-3H3,(H,21,22)(H,23,24). The maximum absolute atomic E-state index is 13.1. The third-order valence-corrected chi connectivity index (χ3v) is 3.43. The minimum absolute atomic E-state index is 0.100. The summed E-state index contributed by atoms with van der Waals surface area (Å²) >= 11 is 0. The van der Waals surface area contributed by atoms with Crippen molar-refractivity contribution in [1.82, 2.24) is 5.32 Å². The predicted molar refractivity (Wildman–Crippen MR) is 89.2 cm³/mol. The van der Waals surface area contributed by atoms with Crippen molar-refractivity contribution in [2.45, 2.75) is 58.1 Å². The number of carbonyl (C=O) groups excluding carboxylic acids is 1. The topological polar surface area (TPSA) is 75.6 Å². The van der Waals surface area contributed by atoms with Crippen LogP contribution in [-0.2, 0) is 20.7 Å². The van der Waals surface area contributed by atoms with Crippen molar-refractivity contribution < 1.29 is 28.2 Å². The van der Waals surface area contributed by atoms with E-state index < -0.39 is 29.6 Å². The van der Waals surface area contributed by atoms with Crippen LogP contribution in [0.1, 0.15) is 45.6 Å². The van der Waals surface area contributed by atoms with Gasteiger partial charge < -0.3 is 15.2 Å². The number of rotatable bonds is 9. The molecule has 2 N–H and O–H groups in total. The Morgan fingerprint density at radius 2 is 1.92 bits per heavy atom. The van der Waals surface area contributed by atoms with Gasteiger partial charge in [0.25, 0.3) is 0 Å². The number of aryl methyl sites for hydroxylation is 1. The number of aliphatic carboxylic acids is 1. The molecule has 0 aliphatic heterocycles. The fraction of sp³-hybridized carbons (Fsp3) is 0.556. The summed E-state index contributed by atoms with van der Waals surface area (Å²) < 4.78 is 31.4. The van der Waals surface area contributed by atoms with E-state index in [1.54, 1.807) is 0 Å². The number of hydrogen-bond acceptors (Lipinski definition) is 3. The highest BCUT2D eigenvalue weighted by Crippen LogP contribution is 2.12. The Balaban J connectivity index is 2.39. The highest BCUT2D eigenvalue weighted by Gasteiger charge is 2.21. The average molecular weight is 357 g/mol. The SMILES string of the molecule is CC(C)(C)OCCC(NC(=O)CCCc1ccc(F)c(F)c1)C(=O)O. The molecule has 5 nitrogen and oxygen atoms in total. The lowest BCUT2D eigenvalue weighted by Gasteiger charge is -2.21. The summed E-state index contributed by atoms with van der Waals surface area (Å²) in [6.45, 7) is 5.80. The molecule has 1 rings (SSSR count). The lowest BCUT2D eigenvalue weighted by molar-refractivity contribution is -0.142. The van der Waals surface area contributed by atoms with E-state index in [1.807, 2.05) is 20.8 Å². The van der Waals surface area contributed by atoms with Gasteiger partial charge in [0, 0.05) is 19.4 Å². The zero-order valence-corrected chi connectivity index (χ0v) is 14.8. The van der Waals surface area contributed by atoms with Crippen LogP contribution in [0.3, 0.4) is 0 Å². The molecule has 0 heterocycles. The number of ether oxygens (including phenoxy) is 1. The molecule has 0 saturated carbocycles. The Kier molecular flexibility index (Phi) is 7.96. The van der Waals surface area contributed by atoms with Crippen molar-refractivity contribution in [1.29, 1.82) is 0 Å². The van der Waals surface area contributed by atoms with Crippen molar-refractivity contribution in [3.8, 4) is 0 Å². The van der Waals surface area contributed by atoms with E-state index in [1.165, 1.54) is 6.07 Å². The van der Waals surface area contributed by atoms with Gasteiger partial charge in [-0.1, -0.05) is 6.07 Å². The zero-order valence-electron chi connectivity index (χ0n) is 14.8. The molecule has 0 saturated heterocycles. The van der Waals surface area contributed by atoms with E-state index in [9.17, 15) is 18.4 Å². The molecule has 0 aromatic heterocycles. The van der Waals surface area contributed by atoms with Crippen LogP contribution in [0, 0.1) is 11.6 Å². The molecule has 0 radical (unpaired) electrons. The molecule has 0 fully saturated rings. The molecule has 1 aromatic carbocycles. The second-order valence-electron chi connectivity index (χ2n) is 6.81. The second kappa shape index (κ2) is 9.46. The second-order valence-corrected chi connectivity index (χ2v) is 6.81. The van der Waals surface area contributed by atoms with Crippen LogP contribution in [0.4, 0.5) is 8.78 Å². The van der Waals surface area contributed by atoms with Crippen molar-refractivity contribution in [3.05, 3.63) is 35.4 Å². The first-order chi connectivity index (χ1) is 11.6. The highest BCUT2D eigenvalue weighted by molar-refractivity contribution is 5.83. The third kappa shape index (κ3) is 8.58. The van der Waals surface area contributed by atoms with Crippen LogP contribution in [0.25, 0.3) is 0 Å². The lowest BCUT2D eigenvalue weighted by atomic mass is 10.1. The van der Waals surface area contributed by atoms with Crippen molar-refractivity contribution in [2.24, 2.45) is 0 Å². The molecule has 7 heteroatoms. The van der Waals surface area contributed by atoms with Crippen LogP contribution < -0.4 is 5.32 Å². The fourth-order valence-electron chi connectivity index (χ4n) is 2.16. The molecule has 1 aromatic rings. The Hall–Kier alpha value is -2.02. The molecule has 1 amide bonds. The smallest absolute Gasteiger partial charge is 0.326 e. The normalized spacial score (nSPS) is 12.7. The molecule has 1 unspecified atom stereocenters. The molecule has 0 spiro atoms. The largest absolute Gasteiger partial charge is 0.480 e. The Bertz CT molecular complexity index is 599. The van der Waals surface area contributed by atoms with E-state index in [-0.39, 0.29) is 25.0 Å². The zero-order chi connectivity index (χ0) is 19.0. The maximum atomic E-state index is 13.1. The Morgan fingerprint density at radius 1 is 1.24 bits per heavy atom. The van der Waals surface area contributed by atoms with Gasteiger partial charge in [-0.15, -0.1) is 0 Å². The van der Waals surface area contributed by atoms with Gasteiger partial charge >= 0.3 is 5.97 Å². The maximum Gasteiger partial charge on any atom is 0.326 e. The number of amides is 1. The number of halogens is 2. The number of nitrogens with one attached hydrogen (secondary N) is 1. The lowest BCUT2D eigenvalue weighted by Crippen LogP contribution is -2.42. The first kappa shape index (κ1) is 21.0. The fourth-order valence-corrected chi connectivity index (χ4v) is 2.16. The molecule has 1 atom stereocenters. The van der Waals surface area contributed by atoms with Gasteiger partial charge in [-0.05, 0) is 51.3 Å². The minimum Gasteiger partial charge on any atom is -0.480 e. The van der Waals surface area contributed by atoms with Gasteiger partial charge in [0.2, 0.25) is 5.91 Å². The van der Waals surface area contributed by atoms with Gasteiger partial charge in [-0.3, -0.25) is 4.79 Å². The van der Waals surface area contributed by atoms with Crippen LogP contribution in [0.15, 0.2) is 18.2 Å². The van der Waals surface area contributed by atoms with Crippen molar-refractivity contribution in [3.63, 3.8) is 0 Å². The van der Waals surface area contributed by atoms with Gasteiger partial charge in [0.05, 0.1) is 5.60 Å². The van der Waals surface area contributed by atoms with E-state index in [4.69, 9.17) is 9.84 Å². The number of carboxylic acid groups (broad SMARTS) is 1. The number of hydrogen-bond donors (Lipinski definition) is 2. The van der Waals surface area contributed by atoms with E-state index in [2.05, 4.69) is 5.32 Å². The van der Waals surface area contributed by atoms with E-state index in [0.29, 0.717) is 18.4 Å². The molecule has 25 heavy (non-hydrogen) atoms. The van der Waals surface area contributed by atoms with Crippen molar-refractivity contribution >= 4 is 11.9 Å². The van der Waals surface area contributed by atoms with Crippen molar-refractivity contribution in [2.75, 3.05) is 6.61 Å². The molecular weight excluding hydrogens is 332 g/mol. The number of carboxylic acids is 1. The summed E-state index contributed by atoms with van der Waals surface area (Å²) in [5.74, 6) is -3.35. The summed E-state index contributed by atoms with van der Waals surface area (Å²) in [4.78, 5) is 23.1. The molecule has 0 bridgehead atoms. The van der Waals surface area contributed by atoms with Gasteiger partial charge in [0.15, 0.2) is 11.6 Å². The van der Waals surface area contributed by atoms with Crippen LogP contribution >= 0.6 is 0 Å². The Labute approximate surface area is 146 Å². The van der Waals surface area contributed by atoms with E-state index >= 15 is 0 Å².